The molecular weight excluding hydrogens is 705 g/mol. The molecular formula is C36H35Cl2N3O6S2. The lowest BCUT2D eigenvalue weighted by Crippen LogP contribution is -2.29. The maximum Gasteiger partial charge on any atom is 0.301 e. The number of amides is 1. The molecule has 3 aromatic carbocycles. The normalized spacial score (nSPS) is 18.2. The minimum Gasteiger partial charge on any atom is -0.507 e. The van der Waals surface area contributed by atoms with Gasteiger partial charge in [0.25, 0.3) is 5.78 Å². The number of carbonyl (C=O) groups excluding carboxylic acids is 2. The number of rotatable bonds is 12. The zero-order chi connectivity index (χ0) is 34.8. The molecule has 256 valence electrons. The highest BCUT2D eigenvalue weighted by molar-refractivity contribution is 8.00. The van der Waals surface area contributed by atoms with Crippen LogP contribution in [0.25, 0.3) is 5.76 Å². The number of fused-ring (bicyclic) bond motifs is 1. The number of anilines is 1. The monoisotopic (exact) mass is 739 g/mol. The molecule has 2 atom stereocenters. The zero-order valence-electron chi connectivity index (χ0n) is 27.4. The molecule has 0 unspecified atom stereocenters. The van der Waals surface area contributed by atoms with E-state index >= 15 is 0 Å². The Balaban J connectivity index is 1.40. The summed E-state index contributed by atoms with van der Waals surface area (Å²) in [5.74, 6) is 0.742. The van der Waals surface area contributed by atoms with Gasteiger partial charge >= 0.3 is 5.91 Å². The second kappa shape index (κ2) is 15.0. The smallest absolute Gasteiger partial charge is 0.301 e. The number of carbonyl (C=O) groups is 2. The Morgan fingerprint density at radius 1 is 1.08 bits per heavy atom. The predicted octanol–water partition coefficient (Wildman–Crippen LogP) is 8.91. The maximum absolute atomic E-state index is 13.9. The minimum atomic E-state index is -1.02. The number of hydrogen-bond donors (Lipinski definition) is 1. The number of ether oxygens (including phenoxy) is 3. The van der Waals surface area contributed by atoms with E-state index in [1.165, 1.54) is 28.0 Å². The summed E-state index contributed by atoms with van der Waals surface area (Å²) in [6.45, 7) is 8.95. The van der Waals surface area contributed by atoms with E-state index in [9.17, 15) is 14.7 Å². The molecule has 4 aromatic rings. The van der Waals surface area contributed by atoms with E-state index in [-0.39, 0.29) is 22.6 Å². The van der Waals surface area contributed by atoms with Crippen LogP contribution in [-0.4, -0.2) is 46.3 Å². The molecule has 2 aliphatic rings. The number of hydrogen-bond acceptors (Lipinski definition) is 10. The van der Waals surface area contributed by atoms with Gasteiger partial charge in [0.15, 0.2) is 15.8 Å². The van der Waals surface area contributed by atoms with Gasteiger partial charge in [0.2, 0.25) is 5.13 Å². The van der Waals surface area contributed by atoms with Crippen LogP contribution in [0, 0.1) is 5.92 Å². The largest absolute Gasteiger partial charge is 0.507 e. The molecule has 1 saturated heterocycles. The first kappa shape index (κ1) is 35.1. The molecule has 0 radical (unpaired) electrons. The standard InChI is InChI=1S/C36H35Cl2N3O6S2/c1-5-45-29-16-21(7-11-28(29)46-13-12-19(2)3)31-30(32(42)22-8-10-27-24(15-22)14-20(4)47-27)33(43)34(44)41(31)35-39-40-36(49-35)48-18-23-6-9-25(37)17-26(23)38/h6-11,15-17,19-20,31,42H,5,12-14,18H2,1-4H3/b32-30+/t20-,31-/m0/s1. The molecule has 9 nitrogen and oxygen atoms in total. The SMILES string of the molecule is CCOc1cc([C@H]2/C(=C(\O)c3ccc4c(c3)C[C@H](C)O4)C(=O)C(=O)N2c2nnc(SCc3ccc(Cl)cc3Cl)s2)ccc1OCCC(C)C. The van der Waals surface area contributed by atoms with Crippen molar-refractivity contribution in [3.05, 3.63) is 92.5 Å². The highest BCUT2D eigenvalue weighted by Gasteiger charge is 2.48. The fourth-order valence-corrected chi connectivity index (χ4v) is 8.12. The Morgan fingerprint density at radius 2 is 1.90 bits per heavy atom. The predicted molar refractivity (Wildman–Crippen MR) is 194 cm³/mol. The zero-order valence-corrected chi connectivity index (χ0v) is 30.5. The minimum absolute atomic E-state index is 0.00331. The van der Waals surface area contributed by atoms with Crippen LogP contribution in [0.3, 0.4) is 0 Å². The lowest BCUT2D eigenvalue weighted by molar-refractivity contribution is -0.132. The van der Waals surface area contributed by atoms with Gasteiger partial charge in [-0.1, -0.05) is 72.3 Å². The average molecular weight is 741 g/mol. The summed E-state index contributed by atoms with van der Waals surface area (Å²) in [5.41, 5.74) is 2.66. The van der Waals surface area contributed by atoms with Gasteiger partial charge in [0.05, 0.1) is 24.8 Å². The van der Waals surface area contributed by atoms with E-state index in [0.29, 0.717) is 68.3 Å². The second-order valence-corrected chi connectivity index (χ2v) is 15.2. The number of aromatic nitrogens is 2. The molecule has 1 fully saturated rings. The molecule has 0 saturated carbocycles. The Labute approximate surface area is 303 Å². The summed E-state index contributed by atoms with van der Waals surface area (Å²) in [4.78, 5) is 29.0. The van der Waals surface area contributed by atoms with Gasteiger partial charge in [-0.15, -0.1) is 10.2 Å². The molecule has 1 amide bonds. The number of aliphatic hydroxyl groups excluding tert-OH is 1. The van der Waals surface area contributed by atoms with Crippen molar-refractivity contribution in [1.29, 1.82) is 0 Å². The fraction of sp³-hybridized carbons (Fsp3) is 0.333. The van der Waals surface area contributed by atoms with Gasteiger partial charge in [-0.05, 0) is 85.3 Å². The molecule has 3 heterocycles. The summed E-state index contributed by atoms with van der Waals surface area (Å²) >= 11 is 15.0. The van der Waals surface area contributed by atoms with Crippen molar-refractivity contribution in [2.24, 2.45) is 5.92 Å². The van der Waals surface area contributed by atoms with E-state index in [2.05, 4.69) is 24.0 Å². The Hall–Kier alpha value is -3.77. The van der Waals surface area contributed by atoms with E-state index in [0.717, 1.165) is 23.3 Å². The number of benzene rings is 3. The van der Waals surface area contributed by atoms with Gasteiger partial charge in [-0.3, -0.25) is 14.5 Å². The number of halogens is 2. The second-order valence-electron chi connectivity index (χ2n) is 12.2. The van der Waals surface area contributed by atoms with Crippen LogP contribution in [0.5, 0.6) is 17.2 Å². The van der Waals surface area contributed by atoms with Crippen LogP contribution in [0.2, 0.25) is 10.0 Å². The van der Waals surface area contributed by atoms with Gasteiger partial charge < -0.3 is 19.3 Å². The Kier molecular flexibility index (Phi) is 10.7. The Bertz CT molecular complexity index is 1930. The van der Waals surface area contributed by atoms with Crippen LogP contribution < -0.4 is 19.1 Å². The van der Waals surface area contributed by atoms with Crippen molar-refractivity contribution in [3.8, 4) is 17.2 Å². The van der Waals surface area contributed by atoms with E-state index in [4.69, 9.17) is 37.4 Å². The lowest BCUT2D eigenvalue weighted by atomic mass is 9.94. The van der Waals surface area contributed by atoms with Gasteiger partial charge in [-0.2, -0.15) is 0 Å². The third-order valence-electron chi connectivity index (χ3n) is 8.12. The van der Waals surface area contributed by atoms with Crippen LogP contribution in [0.1, 0.15) is 62.4 Å². The van der Waals surface area contributed by atoms with Gasteiger partial charge in [0.1, 0.15) is 17.6 Å². The lowest BCUT2D eigenvalue weighted by Gasteiger charge is -2.24. The number of ketones is 1. The molecule has 2 aliphatic heterocycles. The first-order chi connectivity index (χ1) is 23.5. The van der Waals surface area contributed by atoms with E-state index in [1.807, 2.05) is 19.9 Å². The molecule has 6 rings (SSSR count). The van der Waals surface area contributed by atoms with Crippen LogP contribution in [-0.2, 0) is 21.8 Å². The topological polar surface area (TPSA) is 111 Å². The summed E-state index contributed by atoms with van der Waals surface area (Å²) in [6.07, 6.45) is 1.52. The summed E-state index contributed by atoms with van der Waals surface area (Å²) in [5, 5.41) is 21.7. The van der Waals surface area contributed by atoms with E-state index in [1.54, 1.807) is 48.5 Å². The van der Waals surface area contributed by atoms with Gasteiger partial charge in [0, 0.05) is 27.8 Å². The van der Waals surface area contributed by atoms with Crippen LogP contribution >= 0.6 is 46.3 Å². The van der Waals surface area contributed by atoms with Crippen molar-refractivity contribution >= 4 is 68.9 Å². The van der Waals surface area contributed by atoms with Crippen molar-refractivity contribution in [1.82, 2.24) is 10.2 Å². The Morgan fingerprint density at radius 3 is 2.65 bits per heavy atom. The third-order valence-corrected chi connectivity index (χ3v) is 10.8. The molecule has 0 bridgehead atoms. The highest BCUT2D eigenvalue weighted by atomic mass is 35.5. The first-order valence-electron chi connectivity index (χ1n) is 15.9. The summed E-state index contributed by atoms with van der Waals surface area (Å²) in [6, 6.07) is 14.8. The first-order valence-corrected chi connectivity index (χ1v) is 18.5. The van der Waals surface area contributed by atoms with Crippen LogP contribution in [0.4, 0.5) is 5.13 Å². The summed E-state index contributed by atoms with van der Waals surface area (Å²) in [7, 11) is 0. The number of aliphatic hydroxyl groups is 1. The maximum atomic E-state index is 13.9. The molecule has 1 aromatic heterocycles. The van der Waals surface area contributed by atoms with Crippen molar-refractivity contribution in [2.75, 3.05) is 18.1 Å². The molecule has 0 spiro atoms. The third kappa shape index (κ3) is 7.55. The van der Waals surface area contributed by atoms with Crippen molar-refractivity contribution < 1.29 is 28.9 Å². The van der Waals surface area contributed by atoms with Crippen LogP contribution in [0.15, 0.2) is 64.5 Å². The van der Waals surface area contributed by atoms with Gasteiger partial charge in [-0.25, -0.2) is 0 Å². The highest BCUT2D eigenvalue weighted by Crippen LogP contribution is 2.46. The van der Waals surface area contributed by atoms with E-state index < -0.39 is 17.7 Å². The molecule has 0 aliphatic carbocycles. The average Bonchev–Trinajstić information content (AvgIpc) is 3.75. The molecule has 13 heteroatoms. The molecule has 1 N–H and O–H groups in total. The fourth-order valence-electron chi connectivity index (χ4n) is 5.69. The number of nitrogens with zero attached hydrogens (tertiary/aromatic N) is 3. The molecule has 49 heavy (non-hydrogen) atoms. The van der Waals surface area contributed by atoms with Crippen molar-refractivity contribution in [2.45, 2.75) is 62.8 Å². The quantitative estimate of drug-likeness (QED) is 0.0501. The van der Waals surface area contributed by atoms with Crippen molar-refractivity contribution in [3.63, 3.8) is 0 Å². The number of Topliss-reactive ketones (excluding diaryl/α,β-unsaturated/α-hetero) is 1. The number of thioether (sulfide) groups is 1. The summed E-state index contributed by atoms with van der Waals surface area (Å²) < 4.78 is 18.4.